The summed E-state index contributed by atoms with van der Waals surface area (Å²) in [6.45, 7) is 9.05. The molecule has 0 amide bonds. The first-order valence-corrected chi connectivity index (χ1v) is 11.8. The van der Waals surface area contributed by atoms with Crippen molar-refractivity contribution in [2.24, 2.45) is 0 Å². The highest BCUT2D eigenvalue weighted by molar-refractivity contribution is 6.09. The highest BCUT2D eigenvalue weighted by atomic mass is 14.9. The van der Waals surface area contributed by atoms with Crippen molar-refractivity contribution >= 4 is 32.9 Å². The van der Waals surface area contributed by atoms with Gasteiger partial charge in [0.2, 0.25) is 0 Å². The van der Waals surface area contributed by atoms with Gasteiger partial charge >= 0.3 is 0 Å². The van der Waals surface area contributed by atoms with Crippen molar-refractivity contribution in [1.82, 2.24) is 4.98 Å². The summed E-state index contributed by atoms with van der Waals surface area (Å²) in [5, 5.41) is 8.68. The van der Waals surface area contributed by atoms with E-state index in [1.807, 2.05) is 6.20 Å². The number of hydrogen-bond acceptors (Lipinski definition) is 2. The van der Waals surface area contributed by atoms with Gasteiger partial charge in [0.25, 0.3) is 0 Å². The number of para-hydroxylation sites is 1. The fraction of sp³-hybridized carbons (Fsp3) is 0.194. The molecule has 0 unspecified atom stereocenters. The number of hydrogen-bond donors (Lipinski definition) is 1. The van der Waals surface area contributed by atoms with Crippen molar-refractivity contribution in [2.45, 2.75) is 39.5 Å². The molecule has 1 aromatic heterocycles. The zero-order valence-electron chi connectivity index (χ0n) is 19.8. The number of anilines is 2. The summed E-state index contributed by atoms with van der Waals surface area (Å²) in [6.07, 6.45) is 1.92. The first-order chi connectivity index (χ1) is 16.0. The Balaban J connectivity index is 1.81. The second kappa shape index (κ2) is 8.71. The van der Waals surface area contributed by atoms with E-state index in [2.05, 4.69) is 118 Å². The molecule has 0 aliphatic carbocycles. The van der Waals surface area contributed by atoms with Crippen molar-refractivity contribution in [1.29, 1.82) is 0 Å². The van der Waals surface area contributed by atoms with E-state index in [0.29, 0.717) is 11.8 Å². The molecule has 5 rings (SSSR count). The topological polar surface area (TPSA) is 24.9 Å². The summed E-state index contributed by atoms with van der Waals surface area (Å²) in [4.78, 5) is 4.90. The van der Waals surface area contributed by atoms with Crippen LogP contribution in [0.4, 0.5) is 11.4 Å². The van der Waals surface area contributed by atoms with Crippen molar-refractivity contribution in [3.8, 4) is 11.3 Å². The third-order valence-corrected chi connectivity index (χ3v) is 6.47. The predicted octanol–water partition coefficient (Wildman–Crippen LogP) is 9.05. The van der Waals surface area contributed by atoms with Gasteiger partial charge in [0, 0.05) is 28.5 Å². The van der Waals surface area contributed by atoms with Gasteiger partial charge in [-0.25, -0.2) is 0 Å². The van der Waals surface area contributed by atoms with Crippen LogP contribution in [0, 0.1) is 0 Å². The van der Waals surface area contributed by atoms with Gasteiger partial charge in [-0.2, -0.15) is 0 Å². The van der Waals surface area contributed by atoms with E-state index in [-0.39, 0.29) is 0 Å². The number of rotatable bonds is 5. The fourth-order valence-electron chi connectivity index (χ4n) is 4.78. The molecule has 1 heterocycles. The molecule has 2 heteroatoms. The number of pyridine rings is 1. The van der Waals surface area contributed by atoms with Gasteiger partial charge in [-0.05, 0) is 51.3 Å². The second-order valence-electron chi connectivity index (χ2n) is 9.34. The number of nitrogens with zero attached hydrogens (tertiary/aromatic N) is 1. The van der Waals surface area contributed by atoms with E-state index >= 15 is 0 Å². The van der Waals surface area contributed by atoms with Crippen LogP contribution in [0.2, 0.25) is 0 Å². The first-order valence-electron chi connectivity index (χ1n) is 11.8. The highest BCUT2D eigenvalue weighted by Crippen LogP contribution is 2.41. The maximum absolute atomic E-state index is 4.90. The molecule has 0 saturated heterocycles. The minimum atomic E-state index is 0.422. The maximum atomic E-state index is 4.90. The lowest BCUT2D eigenvalue weighted by atomic mass is 9.91. The summed E-state index contributed by atoms with van der Waals surface area (Å²) in [6, 6.07) is 30.3. The number of benzene rings is 4. The van der Waals surface area contributed by atoms with Gasteiger partial charge in [-0.15, -0.1) is 0 Å². The minimum absolute atomic E-state index is 0.422. The third-order valence-electron chi connectivity index (χ3n) is 6.47. The van der Waals surface area contributed by atoms with E-state index in [4.69, 9.17) is 4.98 Å². The quantitative estimate of drug-likeness (QED) is 0.301. The Morgan fingerprint density at radius 3 is 1.88 bits per heavy atom. The Kier molecular flexibility index (Phi) is 5.60. The van der Waals surface area contributed by atoms with Crippen molar-refractivity contribution in [3.63, 3.8) is 0 Å². The summed E-state index contributed by atoms with van der Waals surface area (Å²) in [5.74, 6) is 0.844. The van der Waals surface area contributed by atoms with Gasteiger partial charge in [0.1, 0.15) is 0 Å². The molecule has 1 N–H and O–H groups in total. The van der Waals surface area contributed by atoms with Crippen LogP contribution in [-0.2, 0) is 0 Å². The van der Waals surface area contributed by atoms with Crippen LogP contribution in [0.3, 0.4) is 0 Å². The van der Waals surface area contributed by atoms with Gasteiger partial charge < -0.3 is 5.32 Å². The van der Waals surface area contributed by atoms with Crippen LogP contribution in [0.1, 0.15) is 50.7 Å². The molecular formula is C31H30N2. The van der Waals surface area contributed by atoms with E-state index < -0.39 is 0 Å². The summed E-state index contributed by atoms with van der Waals surface area (Å²) < 4.78 is 0. The maximum Gasteiger partial charge on any atom is 0.0807 e. The van der Waals surface area contributed by atoms with Gasteiger partial charge in [-0.1, -0.05) is 100 Å². The molecule has 0 aliphatic rings. The monoisotopic (exact) mass is 430 g/mol. The molecular weight excluding hydrogens is 400 g/mol. The molecule has 5 aromatic rings. The van der Waals surface area contributed by atoms with Crippen molar-refractivity contribution < 1.29 is 0 Å². The van der Waals surface area contributed by atoms with Crippen molar-refractivity contribution in [3.05, 3.63) is 102 Å². The average Bonchev–Trinajstić information content (AvgIpc) is 2.83. The molecule has 0 aliphatic heterocycles. The van der Waals surface area contributed by atoms with E-state index in [1.165, 1.54) is 38.4 Å². The lowest BCUT2D eigenvalue weighted by Gasteiger charge is -2.23. The zero-order valence-corrected chi connectivity index (χ0v) is 19.8. The molecule has 0 spiro atoms. The first kappa shape index (κ1) is 21.2. The molecule has 0 saturated carbocycles. The van der Waals surface area contributed by atoms with Crippen LogP contribution < -0.4 is 5.32 Å². The predicted molar refractivity (Wildman–Crippen MR) is 143 cm³/mol. The average molecular weight is 431 g/mol. The van der Waals surface area contributed by atoms with Crippen LogP contribution in [0.25, 0.3) is 32.8 Å². The Morgan fingerprint density at radius 1 is 0.606 bits per heavy atom. The Hall–Kier alpha value is -3.65. The van der Waals surface area contributed by atoms with Crippen LogP contribution in [0.5, 0.6) is 0 Å². The minimum Gasteiger partial charge on any atom is -0.354 e. The Labute approximate surface area is 196 Å². The molecule has 0 bridgehead atoms. The second-order valence-corrected chi connectivity index (χ2v) is 9.34. The third kappa shape index (κ3) is 3.87. The lowest BCUT2D eigenvalue weighted by Crippen LogP contribution is -2.05. The Bertz CT molecular complexity index is 1420. The zero-order chi connectivity index (χ0) is 22.9. The summed E-state index contributed by atoms with van der Waals surface area (Å²) in [7, 11) is 0. The number of aromatic nitrogens is 1. The summed E-state index contributed by atoms with van der Waals surface area (Å²) >= 11 is 0. The van der Waals surface area contributed by atoms with Crippen molar-refractivity contribution in [2.75, 3.05) is 5.32 Å². The highest BCUT2D eigenvalue weighted by Gasteiger charge is 2.18. The molecule has 0 fully saturated rings. The summed E-state index contributed by atoms with van der Waals surface area (Å²) in [5.41, 5.74) is 7.16. The smallest absolute Gasteiger partial charge is 0.0807 e. The standard InChI is InChI=1S/C31H30N2/c1-20(2)24-14-9-15-25(21(3)4)30(24)33-28-17-16-22-10-5-7-12-26(22)29(28)31-27-13-8-6-11-23(27)18-19-32-31/h5-21,33H,1-4H3. The van der Waals surface area contributed by atoms with E-state index in [0.717, 1.165) is 16.9 Å². The fourth-order valence-corrected chi connectivity index (χ4v) is 4.78. The lowest BCUT2D eigenvalue weighted by molar-refractivity contribution is 0.838. The largest absolute Gasteiger partial charge is 0.354 e. The molecule has 2 nitrogen and oxygen atoms in total. The SMILES string of the molecule is CC(C)c1cccc(C(C)C)c1Nc1ccc2ccccc2c1-c1nccc2ccccc12. The molecule has 0 atom stereocenters. The Morgan fingerprint density at radius 2 is 1.21 bits per heavy atom. The van der Waals surface area contributed by atoms with Gasteiger partial charge in [0.05, 0.1) is 5.69 Å². The molecule has 0 radical (unpaired) electrons. The van der Waals surface area contributed by atoms with Gasteiger partial charge in [-0.3, -0.25) is 4.98 Å². The van der Waals surface area contributed by atoms with Gasteiger partial charge in [0.15, 0.2) is 0 Å². The normalized spacial score (nSPS) is 11.6. The van der Waals surface area contributed by atoms with Crippen LogP contribution in [0.15, 0.2) is 91.1 Å². The van der Waals surface area contributed by atoms with Crippen LogP contribution in [-0.4, -0.2) is 4.98 Å². The number of nitrogens with one attached hydrogen (secondary N) is 1. The molecule has 164 valence electrons. The van der Waals surface area contributed by atoms with E-state index in [1.54, 1.807) is 0 Å². The molecule has 33 heavy (non-hydrogen) atoms. The van der Waals surface area contributed by atoms with E-state index in [9.17, 15) is 0 Å². The number of fused-ring (bicyclic) bond motifs is 2. The van der Waals surface area contributed by atoms with Crippen LogP contribution >= 0.6 is 0 Å². The molecule has 4 aromatic carbocycles.